The summed E-state index contributed by atoms with van der Waals surface area (Å²) in [6, 6.07) is 8.06. The van der Waals surface area contributed by atoms with E-state index in [0.717, 1.165) is 19.3 Å². The van der Waals surface area contributed by atoms with Crippen molar-refractivity contribution in [1.82, 2.24) is 4.72 Å². The molecule has 2 unspecified atom stereocenters. The summed E-state index contributed by atoms with van der Waals surface area (Å²) in [6.45, 7) is 5.71. The minimum Gasteiger partial charge on any atom is -0.393 e. The average molecular weight is 406 g/mol. The molecular formula is C17H28BrNO3S. The second-order valence-corrected chi connectivity index (χ2v) is 9.11. The summed E-state index contributed by atoms with van der Waals surface area (Å²) < 4.78 is 27.9. The first-order valence-corrected chi connectivity index (χ1v) is 10.6. The maximum Gasteiger partial charge on any atom is 0.240 e. The molecule has 4 nitrogen and oxygen atoms in total. The minimum absolute atomic E-state index is 0.158. The summed E-state index contributed by atoms with van der Waals surface area (Å²) in [5.41, 5.74) is 0. The van der Waals surface area contributed by atoms with Gasteiger partial charge in [-0.05, 0) is 44.2 Å². The molecule has 0 amide bonds. The predicted molar refractivity (Wildman–Crippen MR) is 98.3 cm³/mol. The van der Waals surface area contributed by atoms with Crippen LogP contribution in [0.4, 0.5) is 0 Å². The van der Waals surface area contributed by atoms with Crippen molar-refractivity contribution in [3.8, 4) is 0 Å². The van der Waals surface area contributed by atoms with E-state index in [9.17, 15) is 13.5 Å². The smallest absolute Gasteiger partial charge is 0.240 e. The number of aliphatic hydroxyl groups excluding tert-OH is 1. The van der Waals surface area contributed by atoms with Gasteiger partial charge in [-0.3, -0.25) is 0 Å². The van der Waals surface area contributed by atoms with Crippen molar-refractivity contribution in [2.75, 3.05) is 0 Å². The van der Waals surface area contributed by atoms with Crippen LogP contribution >= 0.6 is 15.9 Å². The van der Waals surface area contributed by atoms with Gasteiger partial charge in [-0.25, -0.2) is 13.1 Å². The van der Waals surface area contributed by atoms with E-state index in [2.05, 4.69) is 27.6 Å². The topological polar surface area (TPSA) is 66.4 Å². The van der Waals surface area contributed by atoms with Crippen molar-refractivity contribution in [2.45, 2.75) is 68.3 Å². The second-order valence-electron chi connectivity index (χ2n) is 6.10. The van der Waals surface area contributed by atoms with Gasteiger partial charge in [0.1, 0.15) is 0 Å². The molecule has 0 heterocycles. The van der Waals surface area contributed by atoms with Gasteiger partial charge >= 0.3 is 0 Å². The molecule has 1 rings (SSSR count). The highest BCUT2D eigenvalue weighted by Crippen LogP contribution is 2.22. The van der Waals surface area contributed by atoms with Gasteiger partial charge in [0.05, 0.1) is 11.0 Å². The zero-order valence-corrected chi connectivity index (χ0v) is 16.5. The summed E-state index contributed by atoms with van der Waals surface area (Å²) in [6.07, 6.45) is 3.13. The molecule has 0 bridgehead atoms. The Balaban J connectivity index is 2.84. The molecule has 23 heavy (non-hydrogen) atoms. The Labute approximate surface area is 148 Å². The molecule has 132 valence electrons. The first kappa shape index (κ1) is 20.6. The van der Waals surface area contributed by atoms with E-state index in [-0.39, 0.29) is 16.9 Å². The number of halogens is 1. The lowest BCUT2D eigenvalue weighted by Gasteiger charge is -2.28. The van der Waals surface area contributed by atoms with E-state index in [1.807, 2.05) is 6.92 Å². The predicted octanol–water partition coefficient (Wildman–Crippen LogP) is 3.69. The lowest BCUT2D eigenvalue weighted by molar-refractivity contribution is 0.113. The van der Waals surface area contributed by atoms with E-state index < -0.39 is 16.1 Å². The van der Waals surface area contributed by atoms with Crippen LogP contribution in [0, 0.1) is 5.92 Å². The molecule has 0 saturated carbocycles. The van der Waals surface area contributed by atoms with Crippen LogP contribution in [0.25, 0.3) is 0 Å². The third-order valence-corrected chi connectivity index (χ3v) is 6.57. The first-order chi connectivity index (χ1) is 10.8. The van der Waals surface area contributed by atoms with Crippen LogP contribution in [0.1, 0.15) is 46.5 Å². The van der Waals surface area contributed by atoms with Gasteiger partial charge in [0.2, 0.25) is 10.0 Å². The Bertz CT molecular complexity index is 548. The van der Waals surface area contributed by atoms with Gasteiger partial charge < -0.3 is 5.11 Å². The number of rotatable bonds is 10. The van der Waals surface area contributed by atoms with Crippen molar-refractivity contribution in [3.05, 3.63) is 30.3 Å². The number of aliphatic hydroxyl groups is 1. The van der Waals surface area contributed by atoms with Crippen molar-refractivity contribution in [3.63, 3.8) is 0 Å². The number of sulfonamides is 1. The maximum atomic E-state index is 12.5. The molecule has 2 N–H and O–H groups in total. The van der Waals surface area contributed by atoms with Crippen molar-refractivity contribution in [1.29, 1.82) is 0 Å². The van der Waals surface area contributed by atoms with Crippen molar-refractivity contribution in [2.24, 2.45) is 5.92 Å². The van der Waals surface area contributed by atoms with E-state index in [0.29, 0.717) is 11.2 Å². The highest BCUT2D eigenvalue weighted by Gasteiger charge is 2.27. The Hall–Kier alpha value is -0.430. The summed E-state index contributed by atoms with van der Waals surface area (Å²) in [5, 5.41) is 9.88. The molecule has 4 atom stereocenters. The summed E-state index contributed by atoms with van der Waals surface area (Å²) in [5.74, 6) is -0.158. The van der Waals surface area contributed by atoms with Crippen LogP contribution < -0.4 is 4.72 Å². The molecule has 0 aliphatic rings. The van der Waals surface area contributed by atoms with Crippen LogP contribution in [-0.4, -0.2) is 30.5 Å². The van der Waals surface area contributed by atoms with Crippen LogP contribution in [0.2, 0.25) is 0 Å². The molecular weight excluding hydrogens is 378 g/mol. The van der Waals surface area contributed by atoms with E-state index in [1.54, 1.807) is 37.3 Å². The third kappa shape index (κ3) is 6.91. The molecule has 0 spiro atoms. The van der Waals surface area contributed by atoms with Gasteiger partial charge in [-0.1, -0.05) is 54.4 Å². The van der Waals surface area contributed by atoms with E-state index >= 15 is 0 Å². The summed E-state index contributed by atoms with van der Waals surface area (Å²) in [4.78, 5) is 0.629. The normalized spacial score (nSPS) is 17.4. The monoisotopic (exact) mass is 405 g/mol. The zero-order chi connectivity index (χ0) is 17.5. The lowest BCUT2D eigenvalue weighted by Crippen LogP contribution is -2.43. The molecule has 1 aromatic rings. The average Bonchev–Trinajstić information content (AvgIpc) is 2.51. The minimum atomic E-state index is -3.57. The first-order valence-electron chi connectivity index (χ1n) is 8.17. The lowest BCUT2D eigenvalue weighted by atomic mass is 9.93. The van der Waals surface area contributed by atoms with Gasteiger partial charge in [0, 0.05) is 10.9 Å². The summed E-state index contributed by atoms with van der Waals surface area (Å²) in [7, 11) is -3.57. The molecule has 0 aliphatic carbocycles. The highest BCUT2D eigenvalue weighted by molar-refractivity contribution is 9.09. The van der Waals surface area contributed by atoms with Gasteiger partial charge in [0.25, 0.3) is 0 Å². The quantitative estimate of drug-likeness (QED) is 0.583. The van der Waals surface area contributed by atoms with Crippen LogP contribution in [0.3, 0.4) is 0 Å². The Morgan fingerprint density at radius 2 is 1.74 bits per heavy atom. The molecule has 0 aliphatic heterocycles. The highest BCUT2D eigenvalue weighted by atomic mass is 79.9. The molecule has 0 fully saturated rings. The third-order valence-electron chi connectivity index (χ3n) is 4.15. The van der Waals surface area contributed by atoms with Crippen LogP contribution in [0.5, 0.6) is 0 Å². The number of hydrogen-bond acceptors (Lipinski definition) is 3. The maximum absolute atomic E-state index is 12.5. The van der Waals surface area contributed by atoms with Crippen molar-refractivity contribution >= 4 is 26.0 Å². The number of alkyl halides is 1. The van der Waals surface area contributed by atoms with Gasteiger partial charge in [-0.2, -0.15) is 0 Å². The van der Waals surface area contributed by atoms with Crippen LogP contribution in [-0.2, 0) is 10.0 Å². The fourth-order valence-corrected chi connectivity index (χ4v) is 4.56. The Morgan fingerprint density at radius 3 is 2.26 bits per heavy atom. The molecule has 6 heteroatoms. The number of hydrogen-bond donors (Lipinski definition) is 2. The number of nitrogens with one attached hydrogen (secondary N) is 1. The standard InChI is InChI=1S/C17H28BrNO3S/c1-4-8-15(18)11-12-17(13(2)14(3)20)19-23(21,22)16-9-6-5-7-10-16/h5-7,9-10,13-15,17,19-20H,4,8,11-12H2,1-3H3/t13-,14+,15?,17?/m1/s1. The molecule has 0 radical (unpaired) electrons. The van der Waals surface area contributed by atoms with Gasteiger partial charge in [-0.15, -0.1) is 0 Å². The molecule has 0 saturated heterocycles. The summed E-state index contributed by atoms with van der Waals surface area (Å²) >= 11 is 3.64. The van der Waals surface area contributed by atoms with Crippen molar-refractivity contribution < 1.29 is 13.5 Å². The second kappa shape index (κ2) is 9.77. The van der Waals surface area contributed by atoms with Crippen LogP contribution in [0.15, 0.2) is 35.2 Å². The zero-order valence-electron chi connectivity index (χ0n) is 14.1. The Kier molecular flexibility index (Phi) is 8.75. The van der Waals surface area contributed by atoms with E-state index in [4.69, 9.17) is 0 Å². The van der Waals surface area contributed by atoms with E-state index in [1.165, 1.54) is 0 Å². The largest absolute Gasteiger partial charge is 0.393 e. The number of benzene rings is 1. The fourth-order valence-electron chi connectivity index (χ4n) is 2.45. The fraction of sp³-hybridized carbons (Fsp3) is 0.647. The molecule has 0 aromatic heterocycles. The molecule has 1 aromatic carbocycles. The van der Waals surface area contributed by atoms with Gasteiger partial charge in [0.15, 0.2) is 0 Å². The Morgan fingerprint density at radius 1 is 1.13 bits per heavy atom. The SMILES string of the molecule is CCCC(Br)CCC(NS(=O)(=O)c1ccccc1)[C@H](C)[C@H](C)O.